The Bertz CT molecular complexity index is 1000. The molecule has 0 saturated carbocycles. The molecule has 3 rings (SSSR count). The number of rotatable bonds is 6. The summed E-state index contributed by atoms with van der Waals surface area (Å²) in [5.74, 6) is -1.45. The first kappa shape index (κ1) is 20.4. The number of benzene rings is 1. The molecule has 29 heavy (non-hydrogen) atoms. The number of amides is 2. The number of carbonyl (C=O) groups excluding carboxylic acids is 3. The van der Waals surface area contributed by atoms with Crippen molar-refractivity contribution in [2.75, 3.05) is 6.54 Å². The number of hydrogen-bond acceptors (Lipinski definition) is 7. The molecular formula is C20H17NO7S. The number of aromatic carboxylic acids is 1. The summed E-state index contributed by atoms with van der Waals surface area (Å²) in [4.78, 5) is 48.1. The van der Waals surface area contributed by atoms with Gasteiger partial charge in [-0.1, -0.05) is 12.1 Å². The van der Waals surface area contributed by atoms with Crippen molar-refractivity contribution in [2.24, 2.45) is 0 Å². The van der Waals surface area contributed by atoms with Crippen molar-refractivity contribution < 1.29 is 33.4 Å². The Morgan fingerprint density at radius 2 is 1.86 bits per heavy atom. The molecule has 0 spiro atoms. The van der Waals surface area contributed by atoms with E-state index in [0.717, 1.165) is 4.90 Å². The second kappa shape index (κ2) is 8.36. The molecule has 0 unspecified atom stereocenters. The minimum atomic E-state index is -1.02. The Balaban J connectivity index is 1.74. The van der Waals surface area contributed by atoms with E-state index in [9.17, 15) is 19.2 Å². The molecule has 1 aliphatic heterocycles. The van der Waals surface area contributed by atoms with Crippen LogP contribution >= 0.6 is 11.8 Å². The van der Waals surface area contributed by atoms with E-state index >= 15 is 0 Å². The average molecular weight is 415 g/mol. The quantitative estimate of drug-likeness (QED) is 0.562. The molecule has 2 amide bonds. The van der Waals surface area contributed by atoms with Crippen molar-refractivity contribution in [3.8, 4) is 11.3 Å². The van der Waals surface area contributed by atoms with E-state index < -0.39 is 29.6 Å². The van der Waals surface area contributed by atoms with Gasteiger partial charge in [0.25, 0.3) is 11.1 Å². The van der Waals surface area contributed by atoms with E-state index in [-0.39, 0.29) is 16.6 Å². The third kappa shape index (κ3) is 4.75. The van der Waals surface area contributed by atoms with E-state index in [1.165, 1.54) is 18.2 Å². The number of esters is 1. The summed E-state index contributed by atoms with van der Waals surface area (Å²) < 4.78 is 10.6. The fraction of sp³-hybridized carbons (Fsp3) is 0.200. The molecular weight excluding hydrogens is 398 g/mol. The Hall–Kier alpha value is -3.33. The van der Waals surface area contributed by atoms with Crippen molar-refractivity contribution >= 4 is 40.9 Å². The van der Waals surface area contributed by atoms with E-state index in [2.05, 4.69) is 0 Å². The lowest BCUT2D eigenvalue weighted by Crippen LogP contribution is -2.35. The van der Waals surface area contributed by atoms with Crippen LogP contribution in [0.2, 0.25) is 0 Å². The van der Waals surface area contributed by atoms with Gasteiger partial charge in [0.15, 0.2) is 0 Å². The minimum absolute atomic E-state index is 0.134. The highest BCUT2D eigenvalue weighted by atomic mass is 32.2. The monoisotopic (exact) mass is 415 g/mol. The number of carboxylic acid groups (broad SMARTS) is 1. The number of imide groups is 1. The Morgan fingerprint density at radius 1 is 1.17 bits per heavy atom. The van der Waals surface area contributed by atoms with Crippen LogP contribution in [0.3, 0.4) is 0 Å². The number of thioether (sulfide) groups is 1. The Morgan fingerprint density at radius 3 is 2.48 bits per heavy atom. The zero-order chi connectivity index (χ0) is 21.1. The highest BCUT2D eigenvalue weighted by molar-refractivity contribution is 8.18. The molecule has 8 nitrogen and oxygen atoms in total. The molecule has 0 aliphatic carbocycles. The van der Waals surface area contributed by atoms with Crippen LogP contribution in [0.4, 0.5) is 4.79 Å². The van der Waals surface area contributed by atoms with Gasteiger partial charge in [-0.3, -0.25) is 19.3 Å². The molecule has 0 bridgehead atoms. The molecule has 150 valence electrons. The highest BCUT2D eigenvalue weighted by Gasteiger charge is 2.37. The molecule has 1 N–H and O–H groups in total. The molecule has 1 aromatic carbocycles. The fourth-order valence-electron chi connectivity index (χ4n) is 2.56. The lowest BCUT2D eigenvalue weighted by molar-refractivity contribution is -0.149. The molecule has 1 aliphatic rings. The van der Waals surface area contributed by atoms with Crippen molar-refractivity contribution in [3.63, 3.8) is 0 Å². The van der Waals surface area contributed by atoms with Gasteiger partial charge >= 0.3 is 11.9 Å². The minimum Gasteiger partial charge on any atom is -0.478 e. The molecule has 9 heteroatoms. The zero-order valence-corrected chi connectivity index (χ0v) is 16.4. The predicted molar refractivity (Wildman–Crippen MR) is 105 cm³/mol. The summed E-state index contributed by atoms with van der Waals surface area (Å²) in [5, 5.41) is 8.39. The van der Waals surface area contributed by atoms with Gasteiger partial charge in [-0.05, 0) is 49.9 Å². The van der Waals surface area contributed by atoms with E-state index in [1.807, 2.05) is 0 Å². The number of carbonyl (C=O) groups is 4. The highest BCUT2D eigenvalue weighted by Crippen LogP contribution is 2.33. The molecule has 1 aromatic heterocycles. The van der Waals surface area contributed by atoms with Crippen molar-refractivity contribution in [1.82, 2.24) is 4.90 Å². The van der Waals surface area contributed by atoms with Crippen LogP contribution in [0.25, 0.3) is 17.4 Å². The van der Waals surface area contributed by atoms with Crippen molar-refractivity contribution in [1.29, 1.82) is 0 Å². The molecule has 0 radical (unpaired) electrons. The average Bonchev–Trinajstić information content (AvgIpc) is 3.22. The molecule has 2 heterocycles. The van der Waals surface area contributed by atoms with Crippen LogP contribution in [-0.4, -0.2) is 45.7 Å². The van der Waals surface area contributed by atoms with Crippen molar-refractivity contribution in [2.45, 2.75) is 20.0 Å². The maximum Gasteiger partial charge on any atom is 0.335 e. The summed E-state index contributed by atoms with van der Waals surface area (Å²) in [6.07, 6.45) is 1.08. The van der Waals surface area contributed by atoms with Crippen LogP contribution in [0.15, 0.2) is 45.7 Å². The third-order valence-corrected chi connectivity index (χ3v) is 4.75. The first-order chi connectivity index (χ1) is 13.7. The molecule has 1 saturated heterocycles. The lowest BCUT2D eigenvalue weighted by Gasteiger charge is -2.13. The van der Waals surface area contributed by atoms with E-state index in [0.29, 0.717) is 28.8 Å². The van der Waals surface area contributed by atoms with E-state index in [1.54, 1.807) is 38.1 Å². The largest absolute Gasteiger partial charge is 0.478 e. The Labute approximate surface area is 170 Å². The van der Waals surface area contributed by atoms with Gasteiger partial charge in [0.2, 0.25) is 0 Å². The number of nitrogens with zero attached hydrogens (tertiary/aromatic N) is 1. The zero-order valence-electron chi connectivity index (χ0n) is 15.6. The third-order valence-electron chi connectivity index (χ3n) is 3.84. The van der Waals surface area contributed by atoms with Gasteiger partial charge in [-0.25, -0.2) is 4.79 Å². The second-order valence-corrected chi connectivity index (χ2v) is 7.38. The molecule has 1 fully saturated rings. The molecule has 2 aromatic rings. The van der Waals surface area contributed by atoms with Crippen LogP contribution in [0.1, 0.15) is 30.0 Å². The number of hydrogen-bond donors (Lipinski definition) is 1. The SMILES string of the molecule is CC(C)OC(=O)CN1C(=O)S/C(=C/c2ccc(-c3ccc(C(=O)O)cc3)o2)C1=O. The molecule has 0 atom stereocenters. The maximum atomic E-state index is 12.4. The summed E-state index contributed by atoms with van der Waals surface area (Å²) >= 11 is 0.713. The lowest BCUT2D eigenvalue weighted by atomic mass is 10.1. The van der Waals surface area contributed by atoms with Gasteiger partial charge in [0, 0.05) is 11.6 Å². The second-order valence-electron chi connectivity index (χ2n) is 6.39. The number of furan rings is 1. The number of ether oxygens (including phenoxy) is 1. The smallest absolute Gasteiger partial charge is 0.335 e. The van der Waals surface area contributed by atoms with Gasteiger partial charge in [-0.15, -0.1) is 0 Å². The first-order valence-electron chi connectivity index (χ1n) is 8.63. The summed E-state index contributed by atoms with van der Waals surface area (Å²) in [6, 6.07) is 9.44. The first-order valence-corrected chi connectivity index (χ1v) is 9.44. The van der Waals surface area contributed by atoms with Gasteiger partial charge in [-0.2, -0.15) is 0 Å². The van der Waals surface area contributed by atoms with Gasteiger partial charge in [0.1, 0.15) is 18.1 Å². The topological polar surface area (TPSA) is 114 Å². The van der Waals surface area contributed by atoms with Crippen LogP contribution in [-0.2, 0) is 14.3 Å². The fourth-order valence-corrected chi connectivity index (χ4v) is 3.38. The normalized spacial score (nSPS) is 15.4. The van der Waals surface area contributed by atoms with Gasteiger partial charge in [0.05, 0.1) is 16.6 Å². The maximum absolute atomic E-state index is 12.4. The van der Waals surface area contributed by atoms with Crippen LogP contribution in [0, 0.1) is 0 Å². The van der Waals surface area contributed by atoms with Gasteiger partial charge < -0.3 is 14.3 Å². The standard InChI is InChI=1S/C20H17NO7S/c1-11(2)27-17(22)10-21-18(23)16(29-20(21)26)9-14-7-8-15(28-14)12-3-5-13(6-4-12)19(24)25/h3-9,11H,10H2,1-2H3,(H,24,25)/b16-9+. The van der Waals surface area contributed by atoms with Crippen LogP contribution in [0.5, 0.6) is 0 Å². The predicted octanol–water partition coefficient (Wildman–Crippen LogP) is 3.63. The summed E-state index contributed by atoms with van der Waals surface area (Å²) in [7, 11) is 0. The van der Waals surface area contributed by atoms with E-state index in [4.69, 9.17) is 14.3 Å². The van der Waals surface area contributed by atoms with Crippen LogP contribution < -0.4 is 0 Å². The summed E-state index contributed by atoms with van der Waals surface area (Å²) in [5.41, 5.74) is 0.824. The Kier molecular flexibility index (Phi) is 5.88. The van der Waals surface area contributed by atoms with Crippen molar-refractivity contribution in [3.05, 3.63) is 52.6 Å². The summed E-state index contributed by atoms with van der Waals surface area (Å²) in [6.45, 7) is 2.91. The number of carboxylic acids is 1.